The molecule has 174 valence electrons. The van der Waals surface area contributed by atoms with Gasteiger partial charge in [-0.3, -0.25) is 4.98 Å². The van der Waals surface area contributed by atoms with E-state index in [2.05, 4.69) is 52.5 Å². The Kier molecular flexibility index (Phi) is 7.33. The fraction of sp³-hybridized carbons (Fsp3) is 0.423. The maximum Gasteiger partial charge on any atom is 0.223 e. The largest absolute Gasteiger partial charge is 0.412 e. The third-order valence-corrected chi connectivity index (χ3v) is 6.86. The highest BCUT2D eigenvalue weighted by Gasteiger charge is 2.26. The SMILES string of the molecule is CC1=C2N=C(NC3CCN(CCN)CC3)N=C2CC=C1CCc1cccc2cccnc12.O. The number of nitrogens with two attached hydrogens (primary N) is 1. The van der Waals surface area contributed by atoms with Crippen molar-refractivity contribution < 1.29 is 5.48 Å². The van der Waals surface area contributed by atoms with E-state index < -0.39 is 0 Å². The second-order valence-corrected chi connectivity index (χ2v) is 8.94. The molecule has 2 aromatic rings. The van der Waals surface area contributed by atoms with E-state index in [4.69, 9.17) is 15.7 Å². The maximum absolute atomic E-state index is 5.69. The fourth-order valence-corrected chi connectivity index (χ4v) is 5.00. The number of pyridine rings is 1. The minimum Gasteiger partial charge on any atom is -0.412 e. The summed E-state index contributed by atoms with van der Waals surface area (Å²) in [5, 5.41) is 4.79. The van der Waals surface area contributed by atoms with Gasteiger partial charge in [-0.2, -0.15) is 0 Å². The second kappa shape index (κ2) is 10.4. The highest BCUT2D eigenvalue weighted by Crippen LogP contribution is 2.31. The molecule has 1 aromatic heterocycles. The van der Waals surface area contributed by atoms with Crippen molar-refractivity contribution in [3.05, 3.63) is 65.0 Å². The molecule has 1 saturated heterocycles. The van der Waals surface area contributed by atoms with Crippen LogP contribution in [0, 0.1) is 0 Å². The van der Waals surface area contributed by atoms with Gasteiger partial charge in [0.05, 0.1) is 16.9 Å². The molecule has 1 aliphatic carbocycles. The molecule has 0 saturated carbocycles. The Morgan fingerprint density at radius 2 is 1.91 bits per heavy atom. The van der Waals surface area contributed by atoms with E-state index in [1.54, 1.807) is 0 Å². The molecule has 1 fully saturated rings. The number of likely N-dealkylation sites (tertiary alicyclic amines) is 1. The Bertz CT molecular complexity index is 1120. The van der Waals surface area contributed by atoms with Crippen LogP contribution in [0.5, 0.6) is 0 Å². The van der Waals surface area contributed by atoms with Gasteiger partial charge in [0.1, 0.15) is 0 Å². The molecule has 3 heterocycles. The van der Waals surface area contributed by atoms with E-state index >= 15 is 0 Å². The van der Waals surface area contributed by atoms with Crippen molar-refractivity contribution in [3.63, 3.8) is 0 Å². The Balaban J connectivity index is 0.00000259. The molecule has 5 N–H and O–H groups in total. The van der Waals surface area contributed by atoms with Gasteiger partial charge in [0.2, 0.25) is 5.96 Å². The summed E-state index contributed by atoms with van der Waals surface area (Å²) in [6, 6.07) is 11.0. The molecular formula is C26H34N6O. The first-order chi connectivity index (χ1) is 15.7. The molecule has 7 heteroatoms. The number of aromatic nitrogens is 1. The normalized spacial score (nSPS) is 19.0. The van der Waals surface area contributed by atoms with Crippen LogP contribution >= 0.6 is 0 Å². The molecule has 3 aliphatic rings. The van der Waals surface area contributed by atoms with E-state index in [-0.39, 0.29) is 5.48 Å². The Morgan fingerprint density at radius 3 is 2.73 bits per heavy atom. The molecule has 0 atom stereocenters. The quantitative estimate of drug-likeness (QED) is 0.711. The van der Waals surface area contributed by atoms with Crippen LogP contribution in [0.2, 0.25) is 0 Å². The summed E-state index contributed by atoms with van der Waals surface area (Å²) in [6.45, 7) is 6.10. The van der Waals surface area contributed by atoms with E-state index in [1.807, 2.05) is 12.3 Å². The Morgan fingerprint density at radius 1 is 1.09 bits per heavy atom. The molecule has 0 amide bonds. The minimum absolute atomic E-state index is 0. The van der Waals surface area contributed by atoms with E-state index in [1.165, 1.54) is 22.1 Å². The minimum atomic E-state index is 0. The monoisotopic (exact) mass is 446 g/mol. The molecule has 0 radical (unpaired) electrons. The summed E-state index contributed by atoms with van der Waals surface area (Å²) >= 11 is 0. The van der Waals surface area contributed by atoms with Crippen molar-refractivity contribution in [2.45, 2.75) is 45.1 Å². The number of aliphatic imine (C=N–C) groups is 2. The van der Waals surface area contributed by atoms with Gasteiger partial charge in [0, 0.05) is 50.2 Å². The van der Waals surface area contributed by atoms with Crippen LogP contribution in [-0.4, -0.2) is 59.3 Å². The van der Waals surface area contributed by atoms with Gasteiger partial charge in [0.25, 0.3) is 0 Å². The van der Waals surface area contributed by atoms with Crippen LogP contribution in [0.15, 0.2) is 69.4 Å². The van der Waals surface area contributed by atoms with Crippen molar-refractivity contribution in [2.75, 3.05) is 26.2 Å². The third-order valence-electron chi connectivity index (χ3n) is 6.86. The number of hydrogen-bond donors (Lipinski definition) is 2. The molecule has 7 nitrogen and oxygen atoms in total. The van der Waals surface area contributed by atoms with Crippen molar-refractivity contribution in [2.24, 2.45) is 15.7 Å². The molecule has 2 aliphatic heterocycles. The lowest BCUT2D eigenvalue weighted by atomic mass is 9.90. The molecule has 0 spiro atoms. The predicted molar refractivity (Wildman–Crippen MR) is 136 cm³/mol. The van der Waals surface area contributed by atoms with Gasteiger partial charge in [-0.15, -0.1) is 0 Å². The van der Waals surface area contributed by atoms with Crippen molar-refractivity contribution in [1.82, 2.24) is 15.2 Å². The molecule has 1 aromatic carbocycles. The van der Waals surface area contributed by atoms with E-state index in [0.717, 1.165) is 81.2 Å². The Hall–Kier alpha value is -2.87. The maximum atomic E-state index is 5.69. The van der Waals surface area contributed by atoms with Crippen LogP contribution in [0.25, 0.3) is 10.9 Å². The smallest absolute Gasteiger partial charge is 0.223 e. The lowest BCUT2D eigenvalue weighted by molar-refractivity contribution is 0.211. The number of nitrogens with one attached hydrogen (secondary N) is 1. The van der Waals surface area contributed by atoms with Crippen LogP contribution in [0.3, 0.4) is 0 Å². The number of guanidine groups is 1. The second-order valence-electron chi connectivity index (χ2n) is 8.94. The zero-order valence-electron chi connectivity index (χ0n) is 19.3. The molecule has 0 unspecified atom stereocenters. The van der Waals surface area contributed by atoms with Gasteiger partial charge < -0.3 is 21.4 Å². The number of hydrogen-bond acceptors (Lipinski definition) is 6. The first-order valence-electron chi connectivity index (χ1n) is 11.8. The number of rotatable bonds is 6. The predicted octanol–water partition coefficient (Wildman–Crippen LogP) is 2.77. The van der Waals surface area contributed by atoms with Gasteiger partial charge in [-0.25, -0.2) is 9.98 Å². The van der Waals surface area contributed by atoms with Gasteiger partial charge in [-0.05, 0) is 55.4 Å². The number of piperidine rings is 1. The first kappa shape index (κ1) is 23.3. The Labute approximate surface area is 195 Å². The zero-order valence-corrected chi connectivity index (χ0v) is 19.3. The summed E-state index contributed by atoms with van der Waals surface area (Å²) in [4.78, 5) is 16.8. The van der Waals surface area contributed by atoms with Crippen LogP contribution in [-0.2, 0) is 6.42 Å². The van der Waals surface area contributed by atoms with E-state index in [0.29, 0.717) is 6.04 Å². The van der Waals surface area contributed by atoms with Crippen LogP contribution < -0.4 is 11.1 Å². The molecular weight excluding hydrogens is 412 g/mol. The summed E-state index contributed by atoms with van der Waals surface area (Å²) in [5.41, 5.74) is 12.9. The van der Waals surface area contributed by atoms with Gasteiger partial charge in [-0.1, -0.05) is 30.3 Å². The highest BCUT2D eigenvalue weighted by molar-refractivity contribution is 6.14. The topological polar surface area (TPSA) is 110 Å². The number of fused-ring (bicyclic) bond motifs is 2. The average Bonchev–Trinajstić information content (AvgIpc) is 3.23. The van der Waals surface area contributed by atoms with Gasteiger partial charge in [0.15, 0.2) is 0 Å². The number of aryl methyl sites for hydroxylation is 1. The highest BCUT2D eigenvalue weighted by atomic mass is 16.0. The number of para-hydroxylation sites is 1. The standard InChI is InChI=1S/C26H32N6.H2O/c1-18-19(7-8-21-5-2-4-20-6-3-14-28-25(20)21)9-10-23-24(18)31-26(30-23)29-22-11-15-32(16-12-22)17-13-27;/h2-6,9,14,22H,7-8,10-13,15-17,27H2,1H3,(H,29,31);1H2. The van der Waals surface area contributed by atoms with Gasteiger partial charge >= 0.3 is 0 Å². The summed E-state index contributed by atoms with van der Waals surface area (Å²) in [7, 11) is 0. The van der Waals surface area contributed by atoms with Crippen molar-refractivity contribution in [3.8, 4) is 0 Å². The fourth-order valence-electron chi connectivity index (χ4n) is 5.00. The number of allylic oxidation sites excluding steroid dienone is 4. The zero-order chi connectivity index (χ0) is 21.9. The summed E-state index contributed by atoms with van der Waals surface area (Å²) < 4.78 is 0. The van der Waals surface area contributed by atoms with Crippen molar-refractivity contribution in [1.29, 1.82) is 0 Å². The lowest BCUT2D eigenvalue weighted by Crippen LogP contribution is -2.45. The van der Waals surface area contributed by atoms with Crippen LogP contribution in [0.4, 0.5) is 0 Å². The summed E-state index contributed by atoms with van der Waals surface area (Å²) in [6.07, 6.45) is 9.28. The lowest BCUT2D eigenvalue weighted by Gasteiger charge is -2.31. The molecule has 0 bridgehead atoms. The summed E-state index contributed by atoms with van der Waals surface area (Å²) in [5.74, 6) is 0.791. The molecule has 5 rings (SSSR count). The van der Waals surface area contributed by atoms with E-state index in [9.17, 15) is 0 Å². The number of nitrogens with zero attached hydrogens (tertiary/aromatic N) is 4. The molecule has 33 heavy (non-hydrogen) atoms. The first-order valence-corrected chi connectivity index (χ1v) is 11.8. The number of benzene rings is 1. The third kappa shape index (κ3) is 5.05. The van der Waals surface area contributed by atoms with Crippen molar-refractivity contribution >= 4 is 22.6 Å². The average molecular weight is 447 g/mol. The van der Waals surface area contributed by atoms with Crippen LogP contribution in [0.1, 0.15) is 38.2 Å².